The van der Waals surface area contributed by atoms with Gasteiger partial charge in [-0.25, -0.2) is 8.78 Å². The Morgan fingerprint density at radius 2 is 2.08 bits per heavy atom. The van der Waals surface area contributed by atoms with Crippen LogP contribution in [0.25, 0.3) is 0 Å². The van der Waals surface area contributed by atoms with Crippen molar-refractivity contribution >= 4 is 11.6 Å². The van der Waals surface area contributed by atoms with E-state index in [1.807, 2.05) is 0 Å². The molecule has 70 valence electrons. The minimum Gasteiger partial charge on any atom is -0.321 e. The molecule has 0 aliphatic heterocycles. The lowest BCUT2D eigenvalue weighted by Crippen LogP contribution is -2.09. The van der Waals surface area contributed by atoms with Gasteiger partial charge in [-0.05, 0) is 6.07 Å². The summed E-state index contributed by atoms with van der Waals surface area (Å²) in [7, 11) is 0. The molecular formula is C9H8ClF2N. The normalized spacial score (nSPS) is 12.6. The summed E-state index contributed by atoms with van der Waals surface area (Å²) in [5.74, 6) is -1.62. The van der Waals surface area contributed by atoms with E-state index >= 15 is 0 Å². The number of benzene rings is 1. The summed E-state index contributed by atoms with van der Waals surface area (Å²) in [6, 6.07) is 1.66. The molecule has 0 heterocycles. The van der Waals surface area contributed by atoms with E-state index < -0.39 is 22.7 Å². The largest absolute Gasteiger partial charge is 0.321 e. The van der Waals surface area contributed by atoms with Crippen molar-refractivity contribution in [1.82, 2.24) is 0 Å². The van der Waals surface area contributed by atoms with Crippen LogP contribution in [0.5, 0.6) is 0 Å². The third kappa shape index (κ3) is 1.87. The average molecular weight is 204 g/mol. The van der Waals surface area contributed by atoms with Gasteiger partial charge < -0.3 is 5.73 Å². The Kier molecular flexibility index (Phi) is 3.01. The molecule has 1 atom stereocenters. The second kappa shape index (κ2) is 3.85. The zero-order valence-electron chi connectivity index (χ0n) is 6.73. The fraction of sp³-hybridized carbons (Fsp3) is 0.111. The van der Waals surface area contributed by atoms with Crippen LogP contribution in [0.1, 0.15) is 11.6 Å². The maximum Gasteiger partial charge on any atom is 0.149 e. The van der Waals surface area contributed by atoms with E-state index in [-0.39, 0.29) is 5.56 Å². The number of hydrogen-bond acceptors (Lipinski definition) is 1. The molecule has 0 saturated carbocycles. The van der Waals surface area contributed by atoms with Crippen LogP contribution in [0.4, 0.5) is 8.78 Å². The summed E-state index contributed by atoms with van der Waals surface area (Å²) in [6.07, 6.45) is 1.35. The topological polar surface area (TPSA) is 26.0 Å². The monoisotopic (exact) mass is 203 g/mol. The van der Waals surface area contributed by atoms with E-state index in [0.29, 0.717) is 0 Å². The van der Waals surface area contributed by atoms with Crippen LogP contribution < -0.4 is 5.73 Å². The molecule has 2 N–H and O–H groups in total. The molecule has 0 bridgehead atoms. The molecule has 0 aliphatic rings. The van der Waals surface area contributed by atoms with Crippen LogP contribution in [0.3, 0.4) is 0 Å². The zero-order valence-corrected chi connectivity index (χ0v) is 7.48. The zero-order chi connectivity index (χ0) is 10.0. The molecule has 1 aromatic carbocycles. The molecule has 0 radical (unpaired) electrons. The van der Waals surface area contributed by atoms with Crippen molar-refractivity contribution in [3.63, 3.8) is 0 Å². The van der Waals surface area contributed by atoms with E-state index in [0.717, 1.165) is 6.07 Å². The first-order valence-electron chi connectivity index (χ1n) is 3.59. The molecule has 0 amide bonds. The van der Waals surface area contributed by atoms with Gasteiger partial charge >= 0.3 is 0 Å². The van der Waals surface area contributed by atoms with E-state index in [9.17, 15) is 8.78 Å². The third-order valence-electron chi connectivity index (χ3n) is 1.68. The summed E-state index contributed by atoms with van der Waals surface area (Å²) in [5, 5.41) is -0.533. The molecule has 0 unspecified atom stereocenters. The third-order valence-corrected chi connectivity index (χ3v) is 2.02. The van der Waals surface area contributed by atoms with E-state index in [1.54, 1.807) is 0 Å². The van der Waals surface area contributed by atoms with Gasteiger partial charge in [0.05, 0.1) is 6.04 Å². The molecule has 0 aliphatic carbocycles. The Morgan fingerprint density at radius 3 is 2.62 bits per heavy atom. The highest BCUT2D eigenvalue weighted by Crippen LogP contribution is 2.25. The number of nitrogens with two attached hydrogens (primary N) is 1. The highest BCUT2D eigenvalue weighted by atomic mass is 35.5. The van der Waals surface area contributed by atoms with Crippen molar-refractivity contribution in [2.75, 3.05) is 0 Å². The van der Waals surface area contributed by atoms with Gasteiger partial charge in [-0.1, -0.05) is 23.7 Å². The number of halogens is 3. The van der Waals surface area contributed by atoms with Gasteiger partial charge in [0.2, 0.25) is 0 Å². The quantitative estimate of drug-likeness (QED) is 0.581. The Labute approximate surface area is 79.8 Å². The second-order valence-corrected chi connectivity index (χ2v) is 2.90. The Morgan fingerprint density at radius 1 is 1.46 bits per heavy atom. The Balaban J connectivity index is 3.25. The van der Waals surface area contributed by atoms with E-state index in [4.69, 9.17) is 17.3 Å². The fourth-order valence-corrected chi connectivity index (χ4v) is 1.10. The van der Waals surface area contributed by atoms with Gasteiger partial charge in [0.15, 0.2) is 0 Å². The summed E-state index contributed by atoms with van der Waals surface area (Å²) in [5.41, 5.74) is 5.62. The van der Waals surface area contributed by atoms with Crippen LogP contribution in [-0.4, -0.2) is 0 Å². The Bertz CT molecular complexity index is 339. The highest BCUT2D eigenvalue weighted by Gasteiger charge is 2.14. The molecular weight excluding hydrogens is 196 g/mol. The lowest BCUT2D eigenvalue weighted by molar-refractivity contribution is 0.568. The van der Waals surface area contributed by atoms with Crippen LogP contribution >= 0.6 is 11.6 Å². The minimum absolute atomic E-state index is 0.140. The smallest absolute Gasteiger partial charge is 0.149 e. The first kappa shape index (κ1) is 10.2. The van der Waals surface area contributed by atoms with Gasteiger partial charge in [0.1, 0.15) is 16.7 Å². The number of rotatable bonds is 2. The summed E-state index contributed by atoms with van der Waals surface area (Å²) in [4.78, 5) is 0. The molecule has 1 nitrogen and oxygen atoms in total. The van der Waals surface area contributed by atoms with Crippen molar-refractivity contribution < 1.29 is 8.78 Å². The molecule has 0 spiro atoms. The van der Waals surface area contributed by atoms with Crippen molar-refractivity contribution in [3.05, 3.63) is 47.0 Å². The first-order valence-corrected chi connectivity index (χ1v) is 3.97. The van der Waals surface area contributed by atoms with E-state index in [1.165, 1.54) is 12.1 Å². The molecule has 0 saturated heterocycles. The molecule has 1 aromatic rings. The second-order valence-electron chi connectivity index (χ2n) is 2.53. The SMILES string of the molecule is C=C[C@@H](N)c1ccc(F)c(Cl)c1F. The molecule has 13 heavy (non-hydrogen) atoms. The van der Waals surface area contributed by atoms with Crippen LogP contribution in [-0.2, 0) is 0 Å². The summed E-state index contributed by atoms with van der Waals surface area (Å²) < 4.78 is 25.9. The molecule has 0 fully saturated rings. The lowest BCUT2D eigenvalue weighted by atomic mass is 10.1. The van der Waals surface area contributed by atoms with Gasteiger partial charge in [0, 0.05) is 5.56 Å². The maximum absolute atomic E-state index is 13.2. The van der Waals surface area contributed by atoms with Gasteiger partial charge in [-0.2, -0.15) is 0 Å². The lowest BCUT2D eigenvalue weighted by Gasteiger charge is -2.08. The van der Waals surface area contributed by atoms with Crippen LogP contribution in [0.2, 0.25) is 5.02 Å². The fourth-order valence-electron chi connectivity index (χ4n) is 0.925. The predicted molar refractivity (Wildman–Crippen MR) is 48.5 cm³/mol. The maximum atomic E-state index is 13.2. The summed E-state index contributed by atoms with van der Waals surface area (Å²) >= 11 is 5.34. The van der Waals surface area contributed by atoms with Gasteiger partial charge in [-0.3, -0.25) is 0 Å². The van der Waals surface area contributed by atoms with Crippen LogP contribution in [0.15, 0.2) is 24.8 Å². The van der Waals surface area contributed by atoms with Crippen LogP contribution in [0, 0.1) is 11.6 Å². The molecule has 4 heteroatoms. The van der Waals surface area contributed by atoms with Gasteiger partial charge in [0.25, 0.3) is 0 Å². The first-order chi connectivity index (χ1) is 6.07. The highest BCUT2D eigenvalue weighted by molar-refractivity contribution is 6.30. The van der Waals surface area contributed by atoms with Crippen molar-refractivity contribution in [1.29, 1.82) is 0 Å². The molecule has 1 rings (SSSR count). The van der Waals surface area contributed by atoms with Gasteiger partial charge in [-0.15, -0.1) is 6.58 Å². The van der Waals surface area contributed by atoms with E-state index in [2.05, 4.69) is 6.58 Å². The number of hydrogen-bond donors (Lipinski definition) is 1. The standard InChI is InChI=1S/C9H8ClF2N/c1-2-7(13)5-3-4-6(11)8(10)9(5)12/h2-4,7H,1,13H2/t7-/m1/s1. The van der Waals surface area contributed by atoms with Crippen molar-refractivity contribution in [3.8, 4) is 0 Å². The average Bonchev–Trinajstić information content (AvgIpc) is 2.13. The molecule has 0 aromatic heterocycles. The van der Waals surface area contributed by atoms with Crippen molar-refractivity contribution in [2.24, 2.45) is 5.73 Å². The minimum atomic E-state index is -0.825. The predicted octanol–water partition coefficient (Wildman–Crippen LogP) is 2.80. The Hall–Kier alpha value is -0.930. The van der Waals surface area contributed by atoms with Crippen molar-refractivity contribution in [2.45, 2.75) is 6.04 Å². The summed E-state index contributed by atoms with van der Waals surface area (Å²) in [6.45, 7) is 3.40.